The smallest absolute Gasteiger partial charge is 0.0352 e. The molecule has 10 heavy (non-hydrogen) atoms. The molecule has 0 aromatic heterocycles. The Labute approximate surface area is 64.0 Å². The summed E-state index contributed by atoms with van der Waals surface area (Å²) in [6.45, 7) is 4.72. The van der Waals surface area contributed by atoms with Crippen LogP contribution in [0.4, 0.5) is 0 Å². The van der Waals surface area contributed by atoms with Gasteiger partial charge >= 0.3 is 0 Å². The fourth-order valence-corrected chi connectivity index (χ4v) is 3.00. The Hall–Kier alpha value is 0. The van der Waals surface area contributed by atoms with Crippen LogP contribution in [0.25, 0.3) is 0 Å². The van der Waals surface area contributed by atoms with E-state index in [0.29, 0.717) is 0 Å². The molecule has 0 heteroatoms. The molecule has 2 rings (SSSR count). The summed E-state index contributed by atoms with van der Waals surface area (Å²) in [5.74, 6) is 4.59. The first kappa shape index (κ1) is 6.69. The van der Waals surface area contributed by atoms with Crippen molar-refractivity contribution in [2.75, 3.05) is 0 Å². The van der Waals surface area contributed by atoms with Crippen molar-refractivity contribution in [3.63, 3.8) is 0 Å². The SMILES string of the molecule is CCC1CC(CC)C2CC12. The van der Waals surface area contributed by atoms with Gasteiger partial charge in [0.05, 0.1) is 0 Å². The largest absolute Gasteiger partial charge is 0.0651 e. The molecular weight excluding hydrogens is 120 g/mol. The molecule has 4 atom stereocenters. The molecule has 2 fully saturated rings. The first-order chi connectivity index (χ1) is 4.86. The van der Waals surface area contributed by atoms with Crippen LogP contribution in [-0.4, -0.2) is 0 Å². The van der Waals surface area contributed by atoms with Crippen molar-refractivity contribution in [3.8, 4) is 0 Å². The van der Waals surface area contributed by atoms with Gasteiger partial charge in [0.1, 0.15) is 0 Å². The van der Waals surface area contributed by atoms with Gasteiger partial charge in [0.25, 0.3) is 0 Å². The lowest BCUT2D eigenvalue weighted by Gasteiger charge is -2.11. The Morgan fingerprint density at radius 1 is 0.900 bits per heavy atom. The number of fused-ring (bicyclic) bond motifs is 1. The minimum atomic E-state index is 1.12. The first-order valence-corrected chi connectivity index (χ1v) is 4.86. The van der Waals surface area contributed by atoms with Crippen molar-refractivity contribution in [2.24, 2.45) is 23.7 Å². The Balaban J connectivity index is 1.95. The van der Waals surface area contributed by atoms with E-state index >= 15 is 0 Å². The van der Waals surface area contributed by atoms with Crippen LogP contribution >= 0.6 is 0 Å². The van der Waals surface area contributed by atoms with Gasteiger partial charge in [0.2, 0.25) is 0 Å². The lowest BCUT2D eigenvalue weighted by atomic mass is 9.94. The monoisotopic (exact) mass is 138 g/mol. The average Bonchev–Trinajstić information content (AvgIpc) is 2.67. The second-order valence-electron chi connectivity index (χ2n) is 4.14. The molecule has 0 saturated heterocycles. The van der Waals surface area contributed by atoms with E-state index in [9.17, 15) is 0 Å². The third-order valence-electron chi connectivity index (χ3n) is 3.76. The van der Waals surface area contributed by atoms with Gasteiger partial charge in [-0.3, -0.25) is 0 Å². The zero-order chi connectivity index (χ0) is 7.14. The minimum absolute atomic E-state index is 1.12. The fourth-order valence-electron chi connectivity index (χ4n) is 3.00. The van der Waals surface area contributed by atoms with E-state index in [2.05, 4.69) is 13.8 Å². The van der Waals surface area contributed by atoms with Gasteiger partial charge in [0, 0.05) is 0 Å². The number of hydrogen-bond donors (Lipinski definition) is 0. The highest BCUT2D eigenvalue weighted by molar-refractivity contribution is 5.01. The predicted octanol–water partition coefficient (Wildman–Crippen LogP) is 3.08. The molecule has 2 saturated carbocycles. The molecule has 0 amide bonds. The van der Waals surface area contributed by atoms with Crippen LogP contribution < -0.4 is 0 Å². The first-order valence-electron chi connectivity index (χ1n) is 4.86. The summed E-state index contributed by atoms with van der Waals surface area (Å²) in [7, 11) is 0. The van der Waals surface area contributed by atoms with Crippen LogP contribution in [0.15, 0.2) is 0 Å². The van der Waals surface area contributed by atoms with E-state index in [4.69, 9.17) is 0 Å². The fraction of sp³-hybridized carbons (Fsp3) is 1.00. The quantitative estimate of drug-likeness (QED) is 0.550. The number of hydrogen-bond acceptors (Lipinski definition) is 0. The Morgan fingerprint density at radius 3 is 1.70 bits per heavy atom. The van der Waals surface area contributed by atoms with Crippen LogP contribution in [-0.2, 0) is 0 Å². The van der Waals surface area contributed by atoms with Gasteiger partial charge < -0.3 is 0 Å². The predicted molar refractivity (Wildman–Crippen MR) is 43.8 cm³/mol. The van der Waals surface area contributed by atoms with Gasteiger partial charge in [-0.2, -0.15) is 0 Å². The molecule has 4 unspecified atom stereocenters. The second kappa shape index (κ2) is 2.25. The highest BCUT2D eigenvalue weighted by Gasteiger charge is 2.52. The summed E-state index contributed by atoms with van der Waals surface area (Å²) in [5, 5.41) is 0. The lowest BCUT2D eigenvalue weighted by Crippen LogP contribution is -2.00. The van der Waals surface area contributed by atoms with Crippen molar-refractivity contribution >= 4 is 0 Å². The highest BCUT2D eigenvalue weighted by Crippen LogP contribution is 2.60. The van der Waals surface area contributed by atoms with Crippen molar-refractivity contribution < 1.29 is 0 Å². The van der Waals surface area contributed by atoms with Crippen LogP contribution in [0.1, 0.15) is 39.5 Å². The summed E-state index contributed by atoms with van der Waals surface area (Å²) in [6, 6.07) is 0. The topological polar surface area (TPSA) is 0 Å². The minimum Gasteiger partial charge on any atom is -0.0651 e. The van der Waals surface area contributed by atoms with Crippen molar-refractivity contribution in [1.82, 2.24) is 0 Å². The van der Waals surface area contributed by atoms with E-state index in [1.54, 1.807) is 12.8 Å². The Bertz CT molecular complexity index is 114. The molecule has 2 aliphatic carbocycles. The van der Waals surface area contributed by atoms with Gasteiger partial charge in [-0.15, -0.1) is 0 Å². The van der Waals surface area contributed by atoms with Gasteiger partial charge in [-0.1, -0.05) is 26.7 Å². The molecule has 0 aliphatic heterocycles. The number of rotatable bonds is 2. The second-order valence-corrected chi connectivity index (χ2v) is 4.14. The lowest BCUT2D eigenvalue weighted by molar-refractivity contribution is 0.395. The van der Waals surface area contributed by atoms with E-state index in [-0.39, 0.29) is 0 Å². The zero-order valence-electron chi connectivity index (χ0n) is 7.14. The molecule has 2 aliphatic rings. The Morgan fingerprint density at radius 2 is 1.40 bits per heavy atom. The van der Waals surface area contributed by atoms with Crippen LogP contribution in [0.5, 0.6) is 0 Å². The van der Waals surface area contributed by atoms with E-state index in [1.807, 2.05) is 0 Å². The third kappa shape index (κ3) is 0.810. The van der Waals surface area contributed by atoms with Crippen LogP contribution in [0.2, 0.25) is 0 Å². The molecule has 0 radical (unpaired) electrons. The van der Waals surface area contributed by atoms with Crippen LogP contribution in [0.3, 0.4) is 0 Å². The van der Waals surface area contributed by atoms with E-state index in [0.717, 1.165) is 11.8 Å². The molecule has 0 nitrogen and oxygen atoms in total. The molecule has 0 heterocycles. The average molecular weight is 138 g/mol. The summed E-state index contributed by atoms with van der Waals surface area (Å²) < 4.78 is 0. The normalized spacial score (nSPS) is 51.0. The van der Waals surface area contributed by atoms with E-state index < -0.39 is 0 Å². The molecule has 0 spiro atoms. The Kier molecular flexibility index (Phi) is 1.51. The molecule has 58 valence electrons. The van der Waals surface area contributed by atoms with Crippen molar-refractivity contribution in [1.29, 1.82) is 0 Å². The zero-order valence-corrected chi connectivity index (χ0v) is 7.14. The van der Waals surface area contributed by atoms with Crippen molar-refractivity contribution in [3.05, 3.63) is 0 Å². The maximum atomic E-state index is 2.36. The van der Waals surface area contributed by atoms with Gasteiger partial charge in [-0.05, 0) is 36.5 Å². The summed E-state index contributed by atoms with van der Waals surface area (Å²) in [4.78, 5) is 0. The van der Waals surface area contributed by atoms with Gasteiger partial charge in [0.15, 0.2) is 0 Å². The molecule has 0 N–H and O–H groups in total. The highest BCUT2D eigenvalue weighted by atomic mass is 14.6. The maximum absolute atomic E-state index is 2.36. The summed E-state index contributed by atoms with van der Waals surface area (Å²) in [6.07, 6.45) is 6.02. The maximum Gasteiger partial charge on any atom is -0.0352 e. The molecular formula is C10H18. The van der Waals surface area contributed by atoms with Crippen molar-refractivity contribution in [2.45, 2.75) is 39.5 Å². The van der Waals surface area contributed by atoms with Crippen LogP contribution in [0, 0.1) is 23.7 Å². The van der Waals surface area contributed by atoms with Gasteiger partial charge in [-0.25, -0.2) is 0 Å². The molecule has 0 bridgehead atoms. The molecule has 0 aromatic carbocycles. The summed E-state index contributed by atoms with van der Waals surface area (Å²) in [5.41, 5.74) is 0. The van der Waals surface area contributed by atoms with E-state index in [1.165, 1.54) is 24.7 Å². The summed E-state index contributed by atoms with van der Waals surface area (Å²) >= 11 is 0. The third-order valence-corrected chi connectivity index (χ3v) is 3.76. The standard InChI is InChI=1S/C10H18/c1-3-7-5-8(4-2)10-6-9(7)10/h7-10H,3-6H2,1-2H3. The molecule has 0 aromatic rings.